The van der Waals surface area contributed by atoms with Gasteiger partial charge in [-0.3, -0.25) is 9.93 Å². The highest BCUT2D eigenvalue weighted by Gasteiger charge is 2.44. The smallest absolute Gasteiger partial charge is 0.228 e. The van der Waals surface area contributed by atoms with Gasteiger partial charge in [-0.2, -0.15) is 0 Å². The van der Waals surface area contributed by atoms with Gasteiger partial charge in [0.05, 0.1) is 19.1 Å². The quantitative estimate of drug-likeness (QED) is 0.600. The lowest BCUT2D eigenvalue weighted by Crippen LogP contribution is -2.57. The largest absolute Gasteiger partial charge is 0.373 e. The van der Waals surface area contributed by atoms with Gasteiger partial charge < -0.3 is 15.4 Å². The molecule has 1 aliphatic carbocycles. The molecule has 2 aliphatic rings. The third-order valence-electron chi connectivity index (χ3n) is 5.57. The SMILES string of the molecule is NSc1cc(NC(=O)Cc2ccccc2Cl)ccc1COC1C2CNCC1C2. The van der Waals surface area contributed by atoms with E-state index >= 15 is 0 Å². The van der Waals surface area contributed by atoms with E-state index in [1.54, 1.807) is 6.07 Å². The Morgan fingerprint density at radius 3 is 2.71 bits per heavy atom. The van der Waals surface area contributed by atoms with Gasteiger partial charge in [-0.15, -0.1) is 0 Å². The average molecular weight is 418 g/mol. The Kier molecular flexibility index (Phi) is 6.23. The van der Waals surface area contributed by atoms with Crippen molar-refractivity contribution in [2.24, 2.45) is 17.0 Å². The van der Waals surface area contributed by atoms with Crippen molar-refractivity contribution in [2.45, 2.75) is 30.4 Å². The Balaban J connectivity index is 1.36. The lowest BCUT2D eigenvalue weighted by molar-refractivity contribution is -0.119. The molecule has 1 amide bonds. The second-order valence-electron chi connectivity index (χ2n) is 7.45. The first-order valence-electron chi connectivity index (χ1n) is 9.49. The third-order valence-corrected chi connectivity index (χ3v) is 6.57. The molecule has 1 aliphatic heterocycles. The standard InChI is InChI=1S/C21H24ClN3O2S/c22-18-4-2-1-3-13(18)8-20(26)25-17-6-5-14(19(9-17)28-23)12-27-21-15-7-16(21)11-24-10-15/h1-6,9,15-16,21,24H,7-8,10-12,23H2,(H,25,26). The van der Waals surface area contributed by atoms with E-state index in [0.717, 1.165) is 34.8 Å². The first-order chi connectivity index (χ1) is 13.6. The van der Waals surface area contributed by atoms with Crippen LogP contribution in [0.5, 0.6) is 0 Å². The fraction of sp³-hybridized carbons (Fsp3) is 0.381. The summed E-state index contributed by atoms with van der Waals surface area (Å²) < 4.78 is 6.18. The molecule has 0 radical (unpaired) electrons. The van der Waals surface area contributed by atoms with Crippen LogP contribution in [0.3, 0.4) is 0 Å². The number of fused-ring (bicyclic) bond motifs is 2. The summed E-state index contributed by atoms with van der Waals surface area (Å²) in [5, 5.41) is 12.8. The van der Waals surface area contributed by atoms with Crippen LogP contribution in [-0.2, 0) is 22.6 Å². The minimum Gasteiger partial charge on any atom is -0.373 e. The lowest BCUT2D eigenvalue weighted by Gasteiger charge is -2.49. The molecule has 7 heteroatoms. The van der Waals surface area contributed by atoms with Crippen LogP contribution in [0.25, 0.3) is 0 Å². The van der Waals surface area contributed by atoms with E-state index < -0.39 is 0 Å². The maximum Gasteiger partial charge on any atom is 0.228 e. The van der Waals surface area contributed by atoms with Crippen molar-refractivity contribution in [1.29, 1.82) is 0 Å². The molecular formula is C21H24ClN3O2S. The molecule has 2 bridgehead atoms. The zero-order valence-electron chi connectivity index (χ0n) is 15.5. The highest BCUT2D eigenvalue weighted by atomic mass is 35.5. The highest BCUT2D eigenvalue weighted by Crippen LogP contribution is 2.39. The Bertz CT molecular complexity index is 849. The number of anilines is 1. The second kappa shape index (κ2) is 8.84. The number of benzene rings is 2. The Labute approximate surface area is 174 Å². The van der Waals surface area contributed by atoms with Crippen LogP contribution in [0.4, 0.5) is 5.69 Å². The number of amides is 1. The topological polar surface area (TPSA) is 76.4 Å². The number of hydrogen-bond donors (Lipinski definition) is 3. The van der Waals surface area contributed by atoms with Crippen LogP contribution in [0.1, 0.15) is 17.5 Å². The molecule has 2 atom stereocenters. The minimum absolute atomic E-state index is 0.111. The van der Waals surface area contributed by atoms with Crippen molar-refractivity contribution in [1.82, 2.24) is 5.32 Å². The van der Waals surface area contributed by atoms with Crippen LogP contribution < -0.4 is 15.8 Å². The van der Waals surface area contributed by atoms with Crippen LogP contribution in [0, 0.1) is 11.8 Å². The molecule has 1 saturated carbocycles. The molecule has 4 rings (SSSR count). The van der Waals surface area contributed by atoms with Gasteiger partial charge in [0.2, 0.25) is 5.91 Å². The van der Waals surface area contributed by atoms with Crippen molar-refractivity contribution in [3.63, 3.8) is 0 Å². The van der Waals surface area contributed by atoms with Crippen molar-refractivity contribution in [3.8, 4) is 0 Å². The van der Waals surface area contributed by atoms with Crippen LogP contribution in [0.2, 0.25) is 5.02 Å². The fourth-order valence-electron chi connectivity index (χ4n) is 4.04. The predicted octanol–water partition coefficient (Wildman–Crippen LogP) is 3.61. The van der Waals surface area contributed by atoms with E-state index in [-0.39, 0.29) is 12.3 Å². The molecule has 0 aromatic heterocycles. The Morgan fingerprint density at radius 1 is 1.21 bits per heavy atom. The van der Waals surface area contributed by atoms with Gasteiger partial charge in [-0.25, -0.2) is 0 Å². The summed E-state index contributed by atoms with van der Waals surface area (Å²) in [6, 6.07) is 13.1. The van der Waals surface area contributed by atoms with E-state index in [0.29, 0.717) is 29.6 Å². The summed E-state index contributed by atoms with van der Waals surface area (Å²) in [7, 11) is 0. The van der Waals surface area contributed by atoms with Gasteiger partial charge in [0.1, 0.15) is 0 Å². The lowest BCUT2D eigenvalue weighted by atomic mass is 9.69. The van der Waals surface area contributed by atoms with Gasteiger partial charge in [0, 0.05) is 28.7 Å². The normalized spacial score (nSPS) is 23.1. The maximum absolute atomic E-state index is 12.4. The van der Waals surface area contributed by atoms with Gasteiger partial charge in [0.15, 0.2) is 0 Å². The number of hydrogen-bond acceptors (Lipinski definition) is 5. The molecule has 0 spiro atoms. The summed E-state index contributed by atoms with van der Waals surface area (Å²) >= 11 is 7.31. The van der Waals surface area contributed by atoms with Crippen molar-refractivity contribution < 1.29 is 9.53 Å². The molecule has 2 unspecified atom stereocenters. The number of rotatable bonds is 7. The first-order valence-corrected chi connectivity index (χ1v) is 10.7. The van der Waals surface area contributed by atoms with Crippen molar-refractivity contribution >= 4 is 35.1 Å². The van der Waals surface area contributed by atoms with Gasteiger partial charge in [-0.05, 0) is 59.5 Å². The summed E-state index contributed by atoms with van der Waals surface area (Å²) in [4.78, 5) is 13.3. The summed E-state index contributed by atoms with van der Waals surface area (Å²) in [6.07, 6.45) is 1.85. The molecule has 148 valence electrons. The number of carbonyl (C=O) groups excluding carboxylic acids is 1. The highest BCUT2D eigenvalue weighted by molar-refractivity contribution is 7.97. The number of ether oxygens (including phenoxy) is 1. The summed E-state index contributed by atoms with van der Waals surface area (Å²) in [5.74, 6) is 1.16. The second-order valence-corrected chi connectivity index (χ2v) is 8.53. The van der Waals surface area contributed by atoms with E-state index in [4.69, 9.17) is 21.5 Å². The molecule has 1 heterocycles. The van der Waals surface area contributed by atoms with Gasteiger partial charge in [-0.1, -0.05) is 35.9 Å². The Morgan fingerprint density at radius 2 is 2.00 bits per heavy atom. The molecular weight excluding hydrogens is 394 g/mol. The van der Waals surface area contributed by atoms with E-state index in [2.05, 4.69) is 10.6 Å². The number of nitrogens with one attached hydrogen (secondary N) is 2. The van der Waals surface area contributed by atoms with Crippen LogP contribution >= 0.6 is 23.5 Å². The number of carbonyl (C=O) groups is 1. The first kappa shape index (κ1) is 19.7. The fourth-order valence-corrected chi connectivity index (χ4v) is 4.71. The summed E-state index contributed by atoms with van der Waals surface area (Å²) in [6.45, 7) is 2.65. The molecule has 5 nitrogen and oxygen atoms in total. The van der Waals surface area contributed by atoms with Gasteiger partial charge in [0.25, 0.3) is 0 Å². The molecule has 2 aromatic carbocycles. The van der Waals surface area contributed by atoms with E-state index in [9.17, 15) is 4.79 Å². The van der Waals surface area contributed by atoms with E-state index in [1.807, 2.05) is 36.4 Å². The van der Waals surface area contributed by atoms with Crippen LogP contribution in [0.15, 0.2) is 47.4 Å². The van der Waals surface area contributed by atoms with Crippen LogP contribution in [-0.4, -0.2) is 25.1 Å². The predicted molar refractivity (Wildman–Crippen MR) is 113 cm³/mol. The monoisotopic (exact) mass is 417 g/mol. The van der Waals surface area contributed by atoms with E-state index in [1.165, 1.54) is 18.4 Å². The minimum atomic E-state index is -0.111. The molecule has 28 heavy (non-hydrogen) atoms. The maximum atomic E-state index is 12.4. The number of piperidine rings is 2. The Hall–Kier alpha value is -1.57. The zero-order valence-corrected chi connectivity index (χ0v) is 17.1. The van der Waals surface area contributed by atoms with Gasteiger partial charge >= 0.3 is 0 Å². The molecule has 2 aromatic rings. The molecule has 2 fully saturated rings. The molecule has 1 saturated heterocycles. The third kappa shape index (κ3) is 4.36. The van der Waals surface area contributed by atoms with Crippen molar-refractivity contribution in [2.75, 3.05) is 18.4 Å². The summed E-state index contributed by atoms with van der Waals surface area (Å²) in [5.41, 5.74) is 2.58. The number of nitrogens with two attached hydrogens (primary N) is 1. The molecule has 4 N–H and O–H groups in total. The van der Waals surface area contributed by atoms with Crippen molar-refractivity contribution in [3.05, 3.63) is 58.6 Å². The average Bonchev–Trinajstić information content (AvgIpc) is 2.71. The zero-order chi connectivity index (χ0) is 19.5. The number of halogens is 1.